The van der Waals surface area contributed by atoms with Crippen LogP contribution in [0.3, 0.4) is 0 Å². The topological polar surface area (TPSA) is 88.8 Å². The Morgan fingerprint density at radius 3 is 2.59 bits per heavy atom. The summed E-state index contributed by atoms with van der Waals surface area (Å²) in [6.07, 6.45) is 4.11. The van der Waals surface area contributed by atoms with Crippen LogP contribution in [0.25, 0.3) is 0 Å². The molecule has 8 nitrogen and oxygen atoms in total. The van der Waals surface area contributed by atoms with Crippen molar-refractivity contribution in [2.45, 2.75) is 39.8 Å². The molecule has 2 aromatic heterocycles. The molecule has 0 aliphatic carbocycles. The smallest absolute Gasteiger partial charge is 0.257 e. The van der Waals surface area contributed by atoms with E-state index in [1.54, 1.807) is 12.4 Å². The summed E-state index contributed by atoms with van der Waals surface area (Å²) in [6.45, 7) is 7.41. The zero-order valence-electron chi connectivity index (χ0n) is 16.9. The lowest BCUT2D eigenvalue weighted by Gasteiger charge is -2.35. The van der Waals surface area contributed by atoms with Gasteiger partial charge in [0.15, 0.2) is 5.82 Å². The molecule has 150 valence electrons. The number of para-hydroxylation sites is 1. The van der Waals surface area contributed by atoms with Gasteiger partial charge in [0, 0.05) is 24.6 Å². The molecule has 0 unspecified atom stereocenters. The van der Waals surface area contributed by atoms with E-state index in [9.17, 15) is 4.79 Å². The molecular formula is C21H25N7O. The molecule has 0 spiro atoms. The van der Waals surface area contributed by atoms with Crippen molar-refractivity contribution in [1.82, 2.24) is 29.6 Å². The average molecular weight is 391 g/mol. The van der Waals surface area contributed by atoms with E-state index in [2.05, 4.69) is 43.9 Å². The lowest BCUT2D eigenvalue weighted by atomic mass is 10.0. The number of aromatic nitrogens is 5. The molecule has 0 saturated heterocycles. The maximum atomic E-state index is 13.1. The Bertz CT molecular complexity index is 982. The predicted molar refractivity (Wildman–Crippen MR) is 110 cm³/mol. The van der Waals surface area contributed by atoms with E-state index in [1.807, 2.05) is 42.2 Å². The average Bonchev–Trinajstić information content (AvgIpc) is 3.09. The van der Waals surface area contributed by atoms with E-state index in [4.69, 9.17) is 0 Å². The molecule has 3 aromatic rings. The molecule has 1 aliphatic heterocycles. The van der Waals surface area contributed by atoms with Gasteiger partial charge < -0.3 is 14.8 Å². The van der Waals surface area contributed by atoms with Crippen LogP contribution in [0, 0.1) is 12.8 Å². The van der Waals surface area contributed by atoms with Gasteiger partial charge in [-0.1, -0.05) is 32.0 Å². The van der Waals surface area contributed by atoms with Gasteiger partial charge in [-0.3, -0.25) is 4.79 Å². The van der Waals surface area contributed by atoms with Crippen molar-refractivity contribution >= 4 is 17.5 Å². The maximum absolute atomic E-state index is 13.1. The second-order valence-electron chi connectivity index (χ2n) is 7.79. The number of fused-ring (bicyclic) bond motifs is 1. The Balaban J connectivity index is 1.50. The Kier molecular flexibility index (Phi) is 5.24. The second kappa shape index (κ2) is 7.98. The summed E-state index contributed by atoms with van der Waals surface area (Å²) in [6, 6.07) is 9.86. The lowest BCUT2D eigenvalue weighted by molar-refractivity contribution is 0.0660. The monoisotopic (exact) mass is 391 g/mol. The first-order chi connectivity index (χ1) is 14.0. The van der Waals surface area contributed by atoms with Crippen LogP contribution in [0.4, 0.5) is 11.6 Å². The highest BCUT2D eigenvalue weighted by molar-refractivity contribution is 5.93. The zero-order chi connectivity index (χ0) is 20.4. The molecule has 4 rings (SSSR count). The summed E-state index contributed by atoms with van der Waals surface area (Å²) < 4.78 is 2.17. The third-order valence-electron chi connectivity index (χ3n) is 5.02. The molecule has 0 saturated carbocycles. The lowest BCUT2D eigenvalue weighted by Crippen LogP contribution is -2.42. The molecule has 1 N–H and O–H groups in total. The van der Waals surface area contributed by atoms with Crippen LogP contribution in [-0.2, 0) is 6.54 Å². The molecule has 3 heterocycles. The largest absolute Gasteiger partial charge is 0.329 e. The number of hydrogen-bond donors (Lipinski definition) is 1. The van der Waals surface area contributed by atoms with E-state index in [-0.39, 0.29) is 11.9 Å². The summed E-state index contributed by atoms with van der Waals surface area (Å²) in [5, 5.41) is 11.6. The highest BCUT2D eigenvalue weighted by Gasteiger charge is 2.31. The summed E-state index contributed by atoms with van der Waals surface area (Å²) >= 11 is 0. The molecule has 29 heavy (non-hydrogen) atoms. The number of carbonyl (C=O) groups excluding carboxylic acids is 1. The molecule has 1 aliphatic rings. The van der Waals surface area contributed by atoms with E-state index in [1.165, 1.54) is 0 Å². The molecule has 8 heteroatoms. The van der Waals surface area contributed by atoms with Crippen molar-refractivity contribution in [3.63, 3.8) is 0 Å². The van der Waals surface area contributed by atoms with Gasteiger partial charge in [-0.2, -0.15) is 0 Å². The molecule has 0 radical (unpaired) electrons. The zero-order valence-corrected chi connectivity index (χ0v) is 16.9. The molecule has 0 fully saturated rings. The molecule has 1 amide bonds. The number of benzene rings is 1. The summed E-state index contributed by atoms with van der Waals surface area (Å²) in [5.74, 6) is 2.61. The second-order valence-corrected chi connectivity index (χ2v) is 7.79. The quantitative estimate of drug-likeness (QED) is 0.717. The van der Waals surface area contributed by atoms with Crippen LogP contribution in [0.15, 0.2) is 42.7 Å². The van der Waals surface area contributed by atoms with Crippen molar-refractivity contribution in [3.05, 3.63) is 59.9 Å². The van der Waals surface area contributed by atoms with Gasteiger partial charge >= 0.3 is 0 Å². The first kappa shape index (κ1) is 19.0. The van der Waals surface area contributed by atoms with E-state index < -0.39 is 0 Å². The van der Waals surface area contributed by atoms with Crippen molar-refractivity contribution in [1.29, 1.82) is 0 Å². The predicted octanol–water partition coefficient (Wildman–Crippen LogP) is 3.36. The first-order valence-corrected chi connectivity index (χ1v) is 9.85. The molecule has 1 aromatic carbocycles. The molecule has 0 bridgehead atoms. The minimum Gasteiger partial charge on any atom is -0.329 e. The molecular weight excluding hydrogens is 366 g/mol. The Morgan fingerprint density at radius 2 is 1.90 bits per heavy atom. The fourth-order valence-electron chi connectivity index (χ4n) is 3.78. The fraction of sp³-hybridized carbons (Fsp3) is 0.381. The van der Waals surface area contributed by atoms with Gasteiger partial charge in [0.25, 0.3) is 5.91 Å². The minimum absolute atomic E-state index is 0.0862. The number of rotatable bonds is 5. The number of hydrogen-bond acceptors (Lipinski definition) is 6. The Morgan fingerprint density at radius 1 is 1.17 bits per heavy atom. The summed E-state index contributed by atoms with van der Waals surface area (Å²) in [7, 11) is 0. The third-order valence-corrected chi connectivity index (χ3v) is 5.02. The number of nitrogens with one attached hydrogen (secondary N) is 1. The van der Waals surface area contributed by atoms with E-state index in [0.717, 1.165) is 23.8 Å². The van der Waals surface area contributed by atoms with Crippen molar-refractivity contribution in [2.24, 2.45) is 5.92 Å². The van der Waals surface area contributed by atoms with Crippen LogP contribution in [0.5, 0.6) is 0 Å². The van der Waals surface area contributed by atoms with Gasteiger partial charge in [0.05, 0.1) is 18.2 Å². The van der Waals surface area contributed by atoms with Crippen LogP contribution in [0.2, 0.25) is 0 Å². The van der Waals surface area contributed by atoms with E-state index >= 15 is 0 Å². The highest BCUT2D eigenvalue weighted by Crippen LogP contribution is 2.28. The van der Waals surface area contributed by atoms with Gasteiger partial charge in [0.2, 0.25) is 5.95 Å². The minimum atomic E-state index is -0.0862. The number of carbonyl (C=O) groups is 1. The van der Waals surface area contributed by atoms with Crippen LogP contribution < -0.4 is 5.32 Å². The standard InChI is InChI=1S/C21H25N7O/c1-14(2)9-18-12-27(13-19-26-25-15(3)28(18)19)20(29)16-10-22-21(23-11-16)24-17-7-5-4-6-8-17/h4-8,10-11,14,18H,9,12-13H2,1-3H3,(H,22,23,24)/t18-/m0/s1. The number of amides is 1. The number of aryl methyl sites for hydroxylation is 1. The number of anilines is 2. The van der Waals surface area contributed by atoms with Gasteiger partial charge in [-0.15, -0.1) is 10.2 Å². The number of nitrogens with zero attached hydrogens (tertiary/aromatic N) is 6. The Hall–Kier alpha value is -3.29. The highest BCUT2D eigenvalue weighted by atomic mass is 16.2. The van der Waals surface area contributed by atoms with Gasteiger partial charge in [-0.25, -0.2) is 9.97 Å². The summed E-state index contributed by atoms with van der Waals surface area (Å²) in [4.78, 5) is 23.5. The van der Waals surface area contributed by atoms with Crippen LogP contribution in [0.1, 0.15) is 48.3 Å². The van der Waals surface area contributed by atoms with Crippen molar-refractivity contribution in [2.75, 3.05) is 11.9 Å². The van der Waals surface area contributed by atoms with Gasteiger partial charge in [-0.05, 0) is 31.4 Å². The van der Waals surface area contributed by atoms with Crippen molar-refractivity contribution < 1.29 is 4.79 Å². The molecule has 1 atom stereocenters. The third kappa shape index (κ3) is 4.11. The van der Waals surface area contributed by atoms with Crippen LogP contribution in [-0.4, -0.2) is 42.1 Å². The fourth-order valence-corrected chi connectivity index (χ4v) is 3.78. The SMILES string of the molecule is Cc1nnc2n1[C@@H](CC(C)C)CN(C(=O)c1cnc(Nc3ccccc3)nc1)C2. The van der Waals surface area contributed by atoms with Crippen molar-refractivity contribution in [3.8, 4) is 0 Å². The van der Waals surface area contributed by atoms with Gasteiger partial charge in [0.1, 0.15) is 5.82 Å². The van der Waals surface area contributed by atoms with Crippen LogP contribution >= 0.6 is 0 Å². The first-order valence-electron chi connectivity index (χ1n) is 9.85. The van der Waals surface area contributed by atoms with E-state index in [0.29, 0.717) is 30.5 Å². The summed E-state index contributed by atoms with van der Waals surface area (Å²) in [5.41, 5.74) is 1.37. The Labute approximate surface area is 170 Å². The normalized spacial score (nSPS) is 16.0. The maximum Gasteiger partial charge on any atom is 0.257 e.